The maximum Gasteiger partial charge on any atom is 0.319 e. The van der Waals surface area contributed by atoms with Gasteiger partial charge in [0.1, 0.15) is 0 Å². The molecule has 1 aromatic carbocycles. The van der Waals surface area contributed by atoms with E-state index in [0.29, 0.717) is 6.54 Å². The molecule has 2 rings (SSSR count). The van der Waals surface area contributed by atoms with Crippen molar-refractivity contribution in [2.75, 3.05) is 5.32 Å². The average molecular weight is 286 g/mol. The summed E-state index contributed by atoms with van der Waals surface area (Å²) in [5.74, 6) is 0. The summed E-state index contributed by atoms with van der Waals surface area (Å²) in [4.78, 5) is 12.0. The quantitative estimate of drug-likeness (QED) is 0.911. The molecule has 0 unspecified atom stereocenters. The minimum absolute atomic E-state index is 0.202. The molecule has 0 aliphatic heterocycles. The van der Waals surface area contributed by atoms with Gasteiger partial charge in [0.05, 0.1) is 5.69 Å². The molecule has 21 heavy (non-hydrogen) atoms. The van der Waals surface area contributed by atoms with Crippen LogP contribution < -0.4 is 10.6 Å². The number of amides is 2. The number of aromatic nitrogens is 2. The Balaban J connectivity index is 2.01. The van der Waals surface area contributed by atoms with Gasteiger partial charge in [-0.25, -0.2) is 4.79 Å². The number of hydrogen-bond acceptors (Lipinski definition) is 2. The third kappa shape index (κ3) is 3.42. The molecule has 5 nitrogen and oxygen atoms in total. The van der Waals surface area contributed by atoms with Crippen LogP contribution in [-0.4, -0.2) is 15.8 Å². The van der Waals surface area contributed by atoms with Crippen molar-refractivity contribution < 1.29 is 4.79 Å². The van der Waals surface area contributed by atoms with Gasteiger partial charge in [-0.15, -0.1) is 0 Å². The van der Waals surface area contributed by atoms with E-state index >= 15 is 0 Å². The van der Waals surface area contributed by atoms with Crippen molar-refractivity contribution in [2.24, 2.45) is 7.05 Å². The van der Waals surface area contributed by atoms with Crippen molar-refractivity contribution in [1.29, 1.82) is 0 Å². The zero-order valence-electron chi connectivity index (χ0n) is 13.2. The summed E-state index contributed by atoms with van der Waals surface area (Å²) < 4.78 is 1.83. The largest absolute Gasteiger partial charge is 0.334 e. The van der Waals surface area contributed by atoms with Crippen molar-refractivity contribution in [3.63, 3.8) is 0 Å². The molecule has 5 heteroatoms. The van der Waals surface area contributed by atoms with Crippen LogP contribution >= 0.6 is 0 Å². The standard InChI is InChI=1S/C16H22N4O/c1-10-6-7-11(2)15(8-10)18-16(21)17-9-14-12(3)19-20(5)13(14)4/h6-8H,9H2,1-5H3,(H2,17,18,21). The predicted octanol–water partition coefficient (Wildman–Crippen LogP) is 2.98. The van der Waals surface area contributed by atoms with Crippen LogP contribution in [0.25, 0.3) is 0 Å². The van der Waals surface area contributed by atoms with E-state index < -0.39 is 0 Å². The molecule has 2 aromatic rings. The molecule has 2 N–H and O–H groups in total. The fraction of sp³-hybridized carbons (Fsp3) is 0.375. The van der Waals surface area contributed by atoms with Crippen LogP contribution in [0, 0.1) is 27.7 Å². The average Bonchev–Trinajstić information content (AvgIpc) is 2.66. The van der Waals surface area contributed by atoms with Crippen LogP contribution in [0.3, 0.4) is 0 Å². The summed E-state index contributed by atoms with van der Waals surface area (Å²) >= 11 is 0. The third-order valence-corrected chi connectivity index (χ3v) is 3.73. The first-order valence-corrected chi connectivity index (χ1v) is 6.99. The van der Waals surface area contributed by atoms with Gasteiger partial charge < -0.3 is 10.6 Å². The maximum absolute atomic E-state index is 12.0. The smallest absolute Gasteiger partial charge is 0.319 e. The van der Waals surface area contributed by atoms with E-state index in [1.165, 1.54) is 0 Å². The van der Waals surface area contributed by atoms with Gasteiger partial charge in [0.25, 0.3) is 0 Å². The van der Waals surface area contributed by atoms with Gasteiger partial charge in [-0.3, -0.25) is 4.68 Å². The minimum atomic E-state index is -0.202. The van der Waals surface area contributed by atoms with Gasteiger partial charge in [0.2, 0.25) is 0 Å². The second-order valence-corrected chi connectivity index (χ2v) is 5.40. The number of urea groups is 1. The molecule has 0 atom stereocenters. The monoisotopic (exact) mass is 286 g/mol. The molecule has 112 valence electrons. The first-order valence-electron chi connectivity index (χ1n) is 6.99. The molecule has 0 spiro atoms. The van der Waals surface area contributed by atoms with Crippen molar-refractivity contribution in [1.82, 2.24) is 15.1 Å². The van der Waals surface area contributed by atoms with Crippen LogP contribution in [0.4, 0.5) is 10.5 Å². The number of nitrogens with zero attached hydrogens (tertiary/aromatic N) is 2. The molecule has 1 aromatic heterocycles. The molecule has 0 bridgehead atoms. The molecule has 0 saturated carbocycles. The second kappa shape index (κ2) is 5.99. The van der Waals surface area contributed by atoms with E-state index in [0.717, 1.165) is 33.8 Å². The lowest BCUT2D eigenvalue weighted by Crippen LogP contribution is -2.28. The third-order valence-electron chi connectivity index (χ3n) is 3.73. The van der Waals surface area contributed by atoms with Gasteiger partial charge in [0, 0.05) is 30.5 Å². The summed E-state index contributed by atoms with van der Waals surface area (Å²) in [6, 6.07) is 5.79. The van der Waals surface area contributed by atoms with Crippen molar-refractivity contribution in [3.8, 4) is 0 Å². The zero-order chi connectivity index (χ0) is 15.6. The number of carbonyl (C=O) groups excluding carboxylic acids is 1. The normalized spacial score (nSPS) is 10.5. The van der Waals surface area contributed by atoms with Gasteiger partial charge in [-0.2, -0.15) is 5.10 Å². The number of hydrogen-bond donors (Lipinski definition) is 2. The summed E-state index contributed by atoms with van der Waals surface area (Å²) in [5.41, 5.74) is 6.08. The first kappa shape index (κ1) is 15.1. The molecule has 0 aliphatic carbocycles. The Hall–Kier alpha value is -2.30. The van der Waals surface area contributed by atoms with Crippen LogP contribution in [0.5, 0.6) is 0 Å². The highest BCUT2D eigenvalue weighted by molar-refractivity contribution is 5.90. The Kier molecular flexibility index (Phi) is 4.31. The molecule has 0 aliphatic rings. The van der Waals surface area contributed by atoms with Crippen molar-refractivity contribution in [2.45, 2.75) is 34.2 Å². The SMILES string of the molecule is Cc1ccc(C)c(NC(=O)NCc2c(C)nn(C)c2C)c1. The van der Waals surface area contributed by atoms with E-state index in [-0.39, 0.29) is 6.03 Å². The van der Waals surface area contributed by atoms with Crippen LogP contribution in [0.1, 0.15) is 28.1 Å². The number of rotatable bonds is 3. The van der Waals surface area contributed by atoms with Crippen LogP contribution in [0.2, 0.25) is 0 Å². The highest BCUT2D eigenvalue weighted by Crippen LogP contribution is 2.16. The topological polar surface area (TPSA) is 59.0 Å². The van der Waals surface area contributed by atoms with Crippen LogP contribution in [0.15, 0.2) is 18.2 Å². The van der Waals surface area contributed by atoms with Crippen molar-refractivity contribution >= 4 is 11.7 Å². The summed E-state index contributed by atoms with van der Waals surface area (Å²) in [5, 5.41) is 10.1. The molecule has 0 fully saturated rings. The molecule has 0 radical (unpaired) electrons. The van der Waals surface area contributed by atoms with Gasteiger partial charge in [0.15, 0.2) is 0 Å². The predicted molar refractivity (Wildman–Crippen MR) is 84.5 cm³/mol. The highest BCUT2D eigenvalue weighted by atomic mass is 16.2. The lowest BCUT2D eigenvalue weighted by atomic mass is 10.1. The maximum atomic E-state index is 12.0. The van der Waals surface area contributed by atoms with Gasteiger partial charge in [-0.05, 0) is 44.9 Å². The number of anilines is 1. The van der Waals surface area contributed by atoms with Crippen molar-refractivity contribution in [3.05, 3.63) is 46.3 Å². The molecule has 2 amide bonds. The summed E-state index contributed by atoms with van der Waals surface area (Å²) in [6.45, 7) is 8.41. The fourth-order valence-electron chi connectivity index (χ4n) is 2.28. The highest BCUT2D eigenvalue weighted by Gasteiger charge is 2.11. The van der Waals surface area contributed by atoms with E-state index in [2.05, 4.69) is 15.7 Å². The second-order valence-electron chi connectivity index (χ2n) is 5.40. The van der Waals surface area contributed by atoms with Crippen LogP contribution in [-0.2, 0) is 13.6 Å². The number of benzene rings is 1. The molecule has 0 saturated heterocycles. The molecular weight excluding hydrogens is 264 g/mol. The van der Waals surface area contributed by atoms with E-state index in [4.69, 9.17) is 0 Å². The number of carbonyl (C=O) groups is 1. The lowest BCUT2D eigenvalue weighted by Gasteiger charge is -2.11. The molecular formula is C16H22N4O. The Bertz CT molecular complexity index is 673. The van der Waals surface area contributed by atoms with Gasteiger partial charge in [-0.1, -0.05) is 12.1 Å². The minimum Gasteiger partial charge on any atom is -0.334 e. The number of nitrogens with one attached hydrogen (secondary N) is 2. The van der Waals surface area contributed by atoms with E-state index in [9.17, 15) is 4.79 Å². The van der Waals surface area contributed by atoms with E-state index in [1.807, 2.05) is 57.6 Å². The summed E-state index contributed by atoms with van der Waals surface area (Å²) in [7, 11) is 1.90. The Morgan fingerprint density at radius 3 is 2.57 bits per heavy atom. The van der Waals surface area contributed by atoms with E-state index in [1.54, 1.807) is 0 Å². The first-order chi connectivity index (χ1) is 9.88. The number of aryl methyl sites for hydroxylation is 4. The molecule has 1 heterocycles. The zero-order valence-corrected chi connectivity index (χ0v) is 13.2. The Morgan fingerprint density at radius 1 is 1.24 bits per heavy atom. The Morgan fingerprint density at radius 2 is 1.95 bits per heavy atom. The van der Waals surface area contributed by atoms with Gasteiger partial charge >= 0.3 is 6.03 Å². The fourth-order valence-corrected chi connectivity index (χ4v) is 2.28. The summed E-state index contributed by atoms with van der Waals surface area (Å²) in [6.07, 6.45) is 0. The lowest BCUT2D eigenvalue weighted by molar-refractivity contribution is 0.251. The Labute approximate surface area is 125 Å².